The Bertz CT molecular complexity index is 892. The lowest BCUT2D eigenvalue weighted by Crippen LogP contribution is -2.09. The van der Waals surface area contributed by atoms with Crippen LogP contribution in [0.3, 0.4) is 0 Å². The number of hydrogen-bond acceptors (Lipinski definition) is 3. The third-order valence-corrected chi connectivity index (χ3v) is 4.39. The number of aromatic nitrogens is 3. The summed E-state index contributed by atoms with van der Waals surface area (Å²) in [6.45, 7) is 2.17. The van der Waals surface area contributed by atoms with E-state index < -0.39 is 0 Å². The molecule has 0 fully saturated rings. The van der Waals surface area contributed by atoms with Gasteiger partial charge in [-0.3, -0.25) is 4.79 Å². The number of benzene rings is 1. The van der Waals surface area contributed by atoms with Gasteiger partial charge in [-0.2, -0.15) is 5.10 Å². The third kappa shape index (κ3) is 4.12. The second-order valence-corrected chi connectivity index (χ2v) is 6.48. The highest BCUT2D eigenvalue weighted by molar-refractivity contribution is 6.30. The summed E-state index contributed by atoms with van der Waals surface area (Å²) in [7, 11) is 2.04. The van der Waals surface area contributed by atoms with Crippen molar-refractivity contribution in [3.05, 3.63) is 74.8 Å². The zero-order valence-corrected chi connectivity index (χ0v) is 15.1. The molecule has 0 aliphatic heterocycles. The lowest BCUT2D eigenvalue weighted by atomic mass is 10.1. The van der Waals surface area contributed by atoms with E-state index >= 15 is 0 Å². The maximum atomic E-state index is 11.2. The Balaban J connectivity index is 1.90. The molecule has 2 aromatic heterocycles. The Kier molecular flexibility index (Phi) is 5.24. The lowest BCUT2D eigenvalue weighted by molar-refractivity contribution is 0.824. The van der Waals surface area contributed by atoms with E-state index in [1.807, 2.05) is 31.3 Å². The van der Waals surface area contributed by atoms with Crippen LogP contribution in [0.15, 0.2) is 47.3 Å². The van der Waals surface area contributed by atoms with Crippen LogP contribution < -0.4 is 10.9 Å². The minimum Gasteiger partial charge on any atom is -0.341 e. The zero-order valence-electron chi connectivity index (χ0n) is 14.3. The Morgan fingerprint density at radius 3 is 2.60 bits per heavy atom. The minimum absolute atomic E-state index is 0.188. The number of anilines is 2. The number of aryl methyl sites for hydroxylation is 1. The quantitative estimate of drug-likeness (QED) is 0.700. The van der Waals surface area contributed by atoms with Crippen LogP contribution in [0.1, 0.15) is 30.3 Å². The van der Waals surface area contributed by atoms with Gasteiger partial charge in [0.15, 0.2) is 0 Å². The monoisotopic (exact) mass is 356 g/mol. The smallest absolute Gasteiger partial charge is 0.264 e. The van der Waals surface area contributed by atoms with Gasteiger partial charge in [0.05, 0.1) is 5.69 Å². The molecule has 0 saturated carbocycles. The molecule has 3 aromatic rings. The van der Waals surface area contributed by atoms with Gasteiger partial charge in [-0.15, -0.1) is 0 Å². The molecule has 0 amide bonds. The summed E-state index contributed by atoms with van der Waals surface area (Å²) < 4.78 is 2.15. The highest BCUT2D eigenvalue weighted by Crippen LogP contribution is 2.27. The summed E-state index contributed by atoms with van der Waals surface area (Å²) >= 11 is 5.97. The van der Waals surface area contributed by atoms with Gasteiger partial charge in [0.25, 0.3) is 5.56 Å². The maximum Gasteiger partial charge on any atom is 0.264 e. The van der Waals surface area contributed by atoms with Crippen molar-refractivity contribution in [2.75, 3.05) is 5.32 Å². The molecule has 0 aliphatic carbocycles. The molecule has 5 nitrogen and oxygen atoms in total. The van der Waals surface area contributed by atoms with Crippen LogP contribution >= 0.6 is 11.6 Å². The van der Waals surface area contributed by atoms with Crippen LogP contribution in [0.2, 0.25) is 5.02 Å². The molecule has 0 aliphatic rings. The summed E-state index contributed by atoms with van der Waals surface area (Å²) in [5.41, 5.74) is 4.05. The summed E-state index contributed by atoms with van der Waals surface area (Å²) in [6.07, 6.45) is 2.71. The molecule has 1 aromatic carbocycles. The van der Waals surface area contributed by atoms with Gasteiger partial charge in [0, 0.05) is 35.9 Å². The van der Waals surface area contributed by atoms with Gasteiger partial charge >= 0.3 is 0 Å². The van der Waals surface area contributed by atoms with Crippen LogP contribution in [-0.2, 0) is 19.9 Å². The first-order valence-electron chi connectivity index (χ1n) is 8.31. The second-order valence-electron chi connectivity index (χ2n) is 6.04. The van der Waals surface area contributed by atoms with Crippen molar-refractivity contribution >= 4 is 23.1 Å². The number of H-pyrrole nitrogens is 1. The van der Waals surface area contributed by atoms with Crippen molar-refractivity contribution in [1.29, 1.82) is 0 Å². The second kappa shape index (κ2) is 7.57. The van der Waals surface area contributed by atoms with E-state index in [4.69, 9.17) is 11.6 Å². The Labute approximate surface area is 151 Å². The van der Waals surface area contributed by atoms with Crippen LogP contribution in [-0.4, -0.2) is 14.8 Å². The third-order valence-electron chi connectivity index (χ3n) is 4.14. The summed E-state index contributed by atoms with van der Waals surface area (Å²) in [4.78, 5) is 11.2. The normalized spacial score (nSPS) is 10.8. The number of hydrogen-bond donors (Lipinski definition) is 2. The van der Waals surface area contributed by atoms with Gasteiger partial charge in [-0.05, 0) is 48.4 Å². The van der Waals surface area contributed by atoms with Crippen LogP contribution in [0.25, 0.3) is 0 Å². The maximum absolute atomic E-state index is 11.2. The SMILES string of the molecule is CCCc1cc(Cc2ccc(=O)[nH]n2)n(C)c1Nc1ccc(Cl)cc1. The standard InChI is InChI=1S/C19H21ClN4O/c1-3-4-13-11-17(12-16-9-10-18(25)23-22-16)24(2)19(13)21-15-7-5-14(20)6-8-15/h5-11,21H,3-4,12H2,1-2H3,(H,23,25). The first-order chi connectivity index (χ1) is 12.1. The number of halogens is 1. The Morgan fingerprint density at radius 1 is 1.20 bits per heavy atom. The Morgan fingerprint density at radius 2 is 1.96 bits per heavy atom. The molecule has 0 spiro atoms. The van der Waals surface area contributed by atoms with Gasteiger partial charge < -0.3 is 9.88 Å². The predicted octanol–water partition coefficient (Wildman–Crippen LogP) is 4.05. The molecule has 2 N–H and O–H groups in total. The fraction of sp³-hybridized carbons (Fsp3) is 0.263. The molecule has 3 rings (SSSR count). The average molecular weight is 357 g/mol. The van der Waals surface area contributed by atoms with E-state index in [1.54, 1.807) is 6.07 Å². The van der Waals surface area contributed by atoms with Crippen molar-refractivity contribution in [2.45, 2.75) is 26.2 Å². The van der Waals surface area contributed by atoms with Gasteiger partial charge in [-0.1, -0.05) is 24.9 Å². The molecule has 0 radical (unpaired) electrons. The first-order valence-corrected chi connectivity index (χ1v) is 8.69. The molecular weight excluding hydrogens is 336 g/mol. The van der Waals surface area contributed by atoms with Crippen LogP contribution in [0, 0.1) is 0 Å². The largest absolute Gasteiger partial charge is 0.341 e. The van der Waals surface area contributed by atoms with Crippen molar-refractivity contribution in [3.8, 4) is 0 Å². The number of nitrogens with one attached hydrogen (secondary N) is 2. The number of nitrogens with zero attached hydrogens (tertiary/aromatic N) is 2. The van der Waals surface area contributed by atoms with Crippen molar-refractivity contribution in [2.24, 2.45) is 7.05 Å². The highest BCUT2D eigenvalue weighted by atomic mass is 35.5. The lowest BCUT2D eigenvalue weighted by Gasteiger charge is -2.12. The van der Waals surface area contributed by atoms with E-state index in [0.29, 0.717) is 6.42 Å². The summed E-state index contributed by atoms with van der Waals surface area (Å²) in [6, 6.07) is 13.1. The molecule has 0 unspecified atom stereocenters. The minimum atomic E-state index is -0.188. The van der Waals surface area contributed by atoms with E-state index in [9.17, 15) is 4.79 Å². The topological polar surface area (TPSA) is 62.7 Å². The van der Waals surface area contributed by atoms with Crippen molar-refractivity contribution < 1.29 is 0 Å². The van der Waals surface area contributed by atoms with Crippen molar-refractivity contribution in [1.82, 2.24) is 14.8 Å². The average Bonchev–Trinajstić information content (AvgIpc) is 2.88. The van der Waals surface area contributed by atoms with E-state index in [0.717, 1.165) is 40.8 Å². The molecule has 130 valence electrons. The van der Waals surface area contributed by atoms with E-state index in [1.165, 1.54) is 11.6 Å². The molecule has 25 heavy (non-hydrogen) atoms. The fourth-order valence-corrected chi connectivity index (χ4v) is 2.97. The predicted molar refractivity (Wildman–Crippen MR) is 102 cm³/mol. The molecule has 0 atom stereocenters. The molecule has 6 heteroatoms. The van der Waals surface area contributed by atoms with Crippen molar-refractivity contribution in [3.63, 3.8) is 0 Å². The number of aromatic amines is 1. The fourth-order valence-electron chi connectivity index (χ4n) is 2.85. The van der Waals surface area contributed by atoms with Gasteiger partial charge in [-0.25, -0.2) is 5.10 Å². The molecule has 0 saturated heterocycles. The Hall–Kier alpha value is -2.53. The molecule has 2 heterocycles. The van der Waals surface area contributed by atoms with Gasteiger partial charge in [0.2, 0.25) is 0 Å². The molecule has 0 bridgehead atoms. The highest BCUT2D eigenvalue weighted by Gasteiger charge is 2.13. The first kappa shape index (κ1) is 17.3. The van der Waals surface area contributed by atoms with Crippen LogP contribution in [0.5, 0.6) is 0 Å². The van der Waals surface area contributed by atoms with Crippen LogP contribution in [0.4, 0.5) is 11.5 Å². The summed E-state index contributed by atoms with van der Waals surface area (Å²) in [5, 5.41) is 10.8. The van der Waals surface area contributed by atoms with E-state index in [2.05, 4.69) is 33.1 Å². The van der Waals surface area contributed by atoms with Gasteiger partial charge in [0.1, 0.15) is 5.82 Å². The molecular formula is C19H21ClN4O. The zero-order chi connectivity index (χ0) is 17.8. The number of rotatable bonds is 6. The van der Waals surface area contributed by atoms with E-state index in [-0.39, 0.29) is 5.56 Å². The summed E-state index contributed by atoms with van der Waals surface area (Å²) in [5.74, 6) is 1.07.